The number of benzene rings is 1. The number of urea groups is 1. The lowest BCUT2D eigenvalue weighted by atomic mass is 9.96. The number of hydrogen-bond donors (Lipinski definition) is 2. The lowest BCUT2D eigenvalue weighted by Gasteiger charge is -2.26. The van der Waals surface area contributed by atoms with Crippen molar-refractivity contribution in [2.24, 2.45) is 5.92 Å². The molecule has 2 amide bonds. The van der Waals surface area contributed by atoms with E-state index in [1.807, 2.05) is 13.8 Å². The van der Waals surface area contributed by atoms with Gasteiger partial charge in [0.05, 0.1) is 6.42 Å². The smallest absolute Gasteiger partial charge is 0.317 e. The molecule has 0 fully saturated rings. The summed E-state index contributed by atoms with van der Waals surface area (Å²) in [7, 11) is 1.56. The van der Waals surface area contributed by atoms with Gasteiger partial charge in [0.25, 0.3) is 0 Å². The number of carboxylic acid groups (broad SMARTS) is 1. The van der Waals surface area contributed by atoms with E-state index < -0.39 is 5.97 Å². The second kappa shape index (κ2) is 8.36. The lowest BCUT2D eigenvalue weighted by molar-refractivity contribution is -0.137. The molecule has 1 rings (SSSR count). The maximum atomic E-state index is 12.9. The van der Waals surface area contributed by atoms with Crippen molar-refractivity contribution in [3.05, 3.63) is 35.6 Å². The zero-order chi connectivity index (χ0) is 16.7. The van der Waals surface area contributed by atoms with E-state index in [0.717, 1.165) is 5.56 Å². The molecular formula is C16H23FN2O3. The molecule has 0 aromatic heterocycles. The molecule has 5 nitrogen and oxygen atoms in total. The van der Waals surface area contributed by atoms with Crippen molar-refractivity contribution in [1.29, 1.82) is 0 Å². The van der Waals surface area contributed by atoms with Gasteiger partial charge in [-0.25, -0.2) is 9.18 Å². The number of amides is 2. The second-order valence-electron chi connectivity index (χ2n) is 5.70. The van der Waals surface area contributed by atoms with Crippen LogP contribution in [0.3, 0.4) is 0 Å². The van der Waals surface area contributed by atoms with Gasteiger partial charge < -0.3 is 15.3 Å². The molecular weight excluding hydrogens is 287 g/mol. The Morgan fingerprint density at radius 1 is 1.27 bits per heavy atom. The van der Waals surface area contributed by atoms with Gasteiger partial charge in [-0.1, -0.05) is 26.0 Å². The van der Waals surface area contributed by atoms with Crippen LogP contribution in [-0.4, -0.2) is 41.6 Å². The van der Waals surface area contributed by atoms with Crippen molar-refractivity contribution >= 4 is 12.0 Å². The number of hydrogen-bond acceptors (Lipinski definition) is 2. The van der Waals surface area contributed by atoms with Crippen LogP contribution in [-0.2, 0) is 11.2 Å². The molecule has 1 aromatic rings. The highest BCUT2D eigenvalue weighted by atomic mass is 19.1. The third-order valence-corrected chi connectivity index (χ3v) is 3.49. The monoisotopic (exact) mass is 310 g/mol. The molecule has 0 aliphatic carbocycles. The lowest BCUT2D eigenvalue weighted by Crippen LogP contribution is -2.46. The van der Waals surface area contributed by atoms with Crippen molar-refractivity contribution in [3.8, 4) is 0 Å². The Kier molecular flexibility index (Phi) is 6.82. The van der Waals surface area contributed by atoms with Crippen molar-refractivity contribution in [2.75, 3.05) is 13.6 Å². The van der Waals surface area contributed by atoms with Gasteiger partial charge >= 0.3 is 12.0 Å². The van der Waals surface area contributed by atoms with Crippen LogP contribution < -0.4 is 5.32 Å². The van der Waals surface area contributed by atoms with Crippen molar-refractivity contribution < 1.29 is 19.1 Å². The van der Waals surface area contributed by atoms with Crippen LogP contribution in [0.25, 0.3) is 0 Å². The number of nitrogens with zero attached hydrogens (tertiary/aromatic N) is 1. The van der Waals surface area contributed by atoms with Crippen LogP contribution in [0.15, 0.2) is 24.3 Å². The number of carbonyl (C=O) groups is 2. The molecule has 22 heavy (non-hydrogen) atoms. The van der Waals surface area contributed by atoms with E-state index in [1.165, 1.54) is 17.0 Å². The largest absolute Gasteiger partial charge is 0.481 e. The fourth-order valence-corrected chi connectivity index (χ4v) is 1.96. The minimum Gasteiger partial charge on any atom is -0.481 e. The first kappa shape index (κ1) is 17.9. The normalized spacial score (nSPS) is 12.0. The molecule has 6 heteroatoms. The maximum absolute atomic E-state index is 12.9. The Bertz CT molecular complexity index is 503. The molecule has 122 valence electrons. The molecule has 0 radical (unpaired) electrons. The summed E-state index contributed by atoms with van der Waals surface area (Å²) in [5, 5.41) is 11.5. The highest BCUT2D eigenvalue weighted by Gasteiger charge is 2.19. The molecule has 0 saturated carbocycles. The molecule has 2 N–H and O–H groups in total. The van der Waals surface area contributed by atoms with E-state index in [4.69, 9.17) is 5.11 Å². The van der Waals surface area contributed by atoms with Crippen LogP contribution >= 0.6 is 0 Å². The Balaban J connectivity index is 2.61. The number of rotatable bonds is 7. The van der Waals surface area contributed by atoms with Gasteiger partial charge in [-0.05, 0) is 30.0 Å². The molecule has 0 bridgehead atoms. The van der Waals surface area contributed by atoms with Gasteiger partial charge in [-0.2, -0.15) is 0 Å². The predicted octanol–water partition coefficient (Wildman–Crippen LogP) is 2.51. The standard InChI is InChI=1S/C16H23FN2O3/c1-11(2)14(10-12-4-6-13(17)7-5-12)18-16(22)19(3)9-8-15(20)21/h4-7,11,14H,8-10H2,1-3H3,(H,18,22)(H,20,21). The number of nitrogens with one attached hydrogen (secondary N) is 1. The van der Waals surface area contributed by atoms with E-state index in [1.54, 1.807) is 19.2 Å². The van der Waals surface area contributed by atoms with Gasteiger partial charge in [-0.15, -0.1) is 0 Å². The van der Waals surface area contributed by atoms with Gasteiger partial charge in [-0.3, -0.25) is 4.79 Å². The molecule has 1 unspecified atom stereocenters. The molecule has 0 aliphatic rings. The average molecular weight is 310 g/mol. The number of halogens is 1. The van der Waals surface area contributed by atoms with E-state index in [0.29, 0.717) is 6.42 Å². The number of carboxylic acids is 1. The second-order valence-corrected chi connectivity index (χ2v) is 5.70. The first-order chi connectivity index (χ1) is 10.3. The minimum absolute atomic E-state index is 0.0891. The molecule has 1 atom stereocenters. The SMILES string of the molecule is CC(C)C(Cc1ccc(F)cc1)NC(=O)N(C)CCC(=O)O. The van der Waals surface area contributed by atoms with Crippen molar-refractivity contribution in [3.63, 3.8) is 0 Å². The van der Waals surface area contributed by atoms with Crippen LogP contribution in [0.1, 0.15) is 25.8 Å². The number of carbonyl (C=O) groups excluding carboxylic acids is 1. The zero-order valence-electron chi connectivity index (χ0n) is 13.2. The third kappa shape index (κ3) is 6.11. The fourth-order valence-electron chi connectivity index (χ4n) is 1.96. The van der Waals surface area contributed by atoms with E-state index in [9.17, 15) is 14.0 Å². The summed E-state index contributed by atoms with van der Waals surface area (Å²) in [5.41, 5.74) is 0.939. The summed E-state index contributed by atoms with van der Waals surface area (Å²) in [6.07, 6.45) is 0.505. The van der Waals surface area contributed by atoms with E-state index in [-0.39, 0.29) is 36.8 Å². The summed E-state index contributed by atoms with van der Waals surface area (Å²) in [5.74, 6) is -1.03. The summed E-state index contributed by atoms with van der Waals surface area (Å²) >= 11 is 0. The van der Waals surface area contributed by atoms with Crippen molar-refractivity contribution in [2.45, 2.75) is 32.7 Å². The Morgan fingerprint density at radius 3 is 2.36 bits per heavy atom. The minimum atomic E-state index is -0.939. The van der Waals surface area contributed by atoms with Gasteiger partial charge in [0.2, 0.25) is 0 Å². The summed E-state index contributed by atoms with van der Waals surface area (Å²) in [6, 6.07) is 5.78. The Labute approximate surface area is 130 Å². The third-order valence-electron chi connectivity index (χ3n) is 3.49. The van der Waals surface area contributed by atoms with Crippen molar-refractivity contribution in [1.82, 2.24) is 10.2 Å². The van der Waals surface area contributed by atoms with Crippen LogP contribution in [0.2, 0.25) is 0 Å². The average Bonchev–Trinajstić information content (AvgIpc) is 2.45. The Morgan fingerprint density at radius 2 is 1.86 bits per heavy atom. The van der Waals surface area contributed by atoms with E-state index >= 15 is 0 Å². The zero-order valence-corrected chi connectivity index (χ0v) is 13.2. The summed E-state index contributed by atoms with van der Waals surface area (Å²) in [4.78, 5) is 24.0. The van der Waals surface area contributed by atoms with Crippen LogP contribution in [0.4, 0.5) is 9.18 Å². The summed E-state index contributed by atoms with van der Waals surface area (Å²) < 4.78 is 12.9. The van der Waals surface area contributed by atoms with Gasteiger partial charge in [0, 0.05) is 19.6 Å². The maximum Gasteiger partial charge on any atom is 0.317 e. The topological polar surface area (TPSA) is 69.6 Å². The summed E-state index contributed by atoms with van der Waals surface area (Å²) in [6.45, 7) is 4.14. The highest BCUT2D eigenvalue weighted by molar-refractivity contribution is 5.75. The molecule has 0 heterocycles. The molecule has 0 spiro atoms. The molecule has 0 saturated heterocycles. The van der Waals surface area contributed by atoms with E-state index in [2.05, 4.69) is 5.32 Å². The Hall–Kier alpha value is -2.11. The highest BCUT2D eigenvalue weighted by Crippen LogP contribution is 2.12. The first-order valence-corrected chi connectivity index (χ1v) is 7.27. The molecule has 0 aliphatic heterocycles. The fraction of sp³-hybridized carbons (Fsp3) is 0.500. The number of aliphatic carboxylic acids is 1. The predicted molar refractivity (Wildman–Crippen MR) is 82.1 cm³/mol. The molecule has 1 aromatic carbocycles. The van der Waals surface area contributed by atoms with Gasteiger partial charge in [0.15, 0.2) is 0 Å². The van der Waals surface area contributed by atoms with Gasteiger partial charge in [0.1, 0.15) is 5.82 Å². The quantitative estimate of drug-likeness (QED) is 0.813. The first-order valence-electron chi connectivity index (χ1n) is 7.27. The van der Waals surface area contributed by atoms with Crippen LogP contribution in [0, 0.1) is 11.7 Å². The van der Waals surface area contributed by atoms with Crippen LogP contribution in [0.5, 0.6) is 0 Å².